The van der Waals surface area contributed by atoms with Gasteiger partial charge in [0.2, 0.25) is 6.10 Å². The van der Waals surface area contributed by atoms with Crippen molar-refractivity contribution in [3.05, 3.63) is 34.9 Å². The molecule has 2 heterocycles. The van der Waals surface area contributed by atoms with Gasteiger partial charge in [0.1, 0.15) is 0 Å². The highest BCUT2D eigenvalue weighted by Gasteiger charge is 2.45. The van der Waals surface area contributed by atoms with Crippen molar-refractivity contribution >= 4 is 5.71 Å². The maximum atomic E-state index is 12.5. The molecule has 1 aromatic carbocycles. The Morgan fingerprint density at radius 1 is 1.17 bits per heavy atom. The van der Waals surface area contributed by atoms with Crippen molar-refractivity contribution in [1.82, 2.24) is 0 Å². The molecule has 0 aliphatic carbocycles. The number of hydrogen-bond acceptors (Lipinski definition) is 3. The number of ether oxygens (including phenoxy) is 1. The molecule has 2 aliphatic rings. The lowest BCUT2D eigenvalue weighted by Gasteiger charge is -2.11. The maximum absolute atomic E-state index is 12.5. The highest BCUT2D eigenvalue weighted by molar-refractivity contribution is 6.01. The Morgan fingerprint density at radius 2 is 1.94 bits per heavy atom. The molecule has 0 amide bonds. The standard InChI is InChI=1S/C12H10F3NO2/c13-12(14,15)11-4-10(16-18-11)7-1-2-8-5-17-6-9(8)3-7/h1-3,11H,4-6H2. The van der Waals surface area contributed by atoms with Crippen LogP contribution in [0.2, 0.25) is 0 Å². The molecule has 1 unspecified atom stereocenters. The SMILES string of the molecule is FC(F)(F)C1CC(c2ccc3c(c2)COC3)=NO1. The van der Waals surface area contributed by atoms with E-state index in [9.17, 15) is 13.2 Å². The minimum absolute atomic E-state index is 0.233. The van der Waals surface area contributed by atoms with Gasteiger partial charge >= 0.3 is 6.18 Å². The number of hydrogen-bond donors (Lipinski definition) is 0. The maximum Gasteiger partial charge on any atom is 0.428 e. The molecule has 18 heavy (non-hydrogen) atoms. The van der Waals surface area contributed by atoms with Gasteiger partial charge in [0.05, 0.1) is 18.9 Å². The van der Waals surface area contributed by atoms with Crippen molar-refractivity contribution in [3.63, 3.8) is 0 Å². The summed E-state index contributed by atoms with van der Waals surface area (Å²) in [6, 6.07) is 5.44. The first-order valence-corrected chi connectivity index (χ1v) is 5.53. The summed E-state index contributed by atoms with van der Waals surface area (Å²) in [6.07, 6.45) is -6.43. The van der Waals surface area contributed by atoms with Crippen molar-refractivity contribution in [2.75, 3.05) is 0 Å². The molecule has 0 spiro atoms. The van der Waals surface area contributed by atoms with Crippen molar-refractivity contribution in [1.29, 1.82) is 0 Å². The quantitative estimate of drug-likeness (QED) is 0.774. The van der Waals surface area contributed by atoms with Crippen LogP contribution in [0.4, 0.5) is 13.2 Å². The molecular weight excluding hydrogens is 247 g/mol. The van der Waals surface area contributed by atoms with E-state index in [-0.39, 0.29) is 6.42 Å². The summed E-state index contributed by atoms with van der Waals surface area (Å²) < 4.78 is 42.6. The van der Waals surface area contributed by atoms with Gasteiger partial charge in [0, 0.05) is 6.42 Å². The van der Waals surface area contributed by atoms with Crippen LogP contribution in [0, 0.1) is 0 Å². The summed E-state index contributed by atoms with van der Waals surface area (Å²) in [5, 5.41) is 3.54. The molecule has 0 N–H and O–H groups in total. The monoisotopic (exact) mass is 257 g/mol. The number of nitrogens with zero attached hydrogens (tertiary/aromatic N) is 1. The number of alkyl halides is 3. The lowest BCUT2D eigenvalue weighted by molar-refractivity contribution is -0.212. The van der Waals surface area contributed by atoms with E-state index in [0.717, 1.165) is 11.1 Å². The Balaban J connectivity index is 1.81. The van der Waals surface area contributed by atoms with Crippen LogP contribution >= 0.6 is 0 Å². The molecule has 0 saturated heterocycles. The molecule has 0 aromatic heterocycles. The van der Waals surface area contributed by atoms with E-state index < -0.39 is 12.3 Å². The molecule has 2 aliphatic heterocycles. The van der Waals surface area contributed by atoms with Gasteiger partial charge in [-0.3, -0.25) is 0 Å². The molecule has 6 heteroatoms. The van der Waals surface area contributed by atoms with E-state index in [1.165, 1.54) is 0 Å². The third-order valence-electron chi connectivity index (χ3n) is 3.09. The van der Waals surface area contributed by atoms with Gasteiger partial charge in [-0.05, 0) is 22.8 Å². The fourth-order valence-electron chi connectivity index (χ4n) is 2.07. The number of fused-ring (bicyclic) bond motifs is 1. The average molecular weight is 257 g/mol. The molecule has 0 radical (unpaired) electrons. The molecule has 0 saturated carbocycles. The fourth-order valence-corrected chi connectivity index (χ4v) is 2.07. The Labute approximate surface area is 101 Å². The summed E-state index contributed by atoms with van der Waals surface area (Å²) in [4.78, 5) is 4.44. The summed E-state index contributed by atoms with van der Waals surface area (Å²) in [7, 11) is 0. The zero-order chi connectivity index (χ0) is 12.8. The smallest absolute Gasteiger partial charge is 0.382 e. The third kappa shape index (κ3) is 1.96. The second-order valence-corrected chi connectivity index (χ2v) is 4.35. The van der Waals surface area contributed by atoms with Crippen molar-refractivity contribution in [2.45, 2.75) is 31.9 Å². The minimum Gasteiger partial charge on any atom is -0.382 e. The van der Waals surface area contributed by atoms with Crippen molar-refractivity contribution in [2.24, 2.45) is 5.16 Å². The van der Waals surface area contributed by atoms with E-state index in [1.807, 2.05) is 12.1 Å². The van der Waals surface area contributed by atoms with Gasteiger partial charge < -0.3 is 9.57 Å². The molecule has 3 rings (SSSR count). The molecule has 1 aromatic rings. The predicted molar refractivity (Wildman–Crippen MR) is 57.0 cm³/mol. The minimum atomic E-state index is -4.37. The van der Waals surface area contributed by atoms with Gasteiger partial charge in [-0.25, -0.2) is 0 Å². The number of benzene rings is 1. The first-order chi connectivity index (χ1) is 8.54. The molecule has 96 valence electrons. The molecule has 0 bridgehead atoms. The number of rotatable bonds is 1. The van der Waals surface area contributed by atoms with Crippen molar-refractivity contribution < 1.29 is 22.7 Å². The predicted octanol–water partition coefficient (Wildman–Crippen LogP) is 2.77. The molecule has 0 fully saturated rings. The summed E-state index contributed by atoms with van der Waals surface area (Å²) >= 11 is 0. The Kier molecular flexibility index (Phi) is 2.55. The Hall–Kier alpha value is -1.56. The first kappa shape index (κ1) is 11.5. The van der Waals surface area contributed by atoms with Crippen molar-refractivity contribution in [3.8, 4) is 0 Å². The van der Waals surface area contributed by atoms with Crippen LogP contribution in [0.3, 0.4) is 0 Å². The summed E-state index contributed by atoms with van der Waals surface area (Å²) in [6.45, 7) is 1.06. The lowest BCUT2D eigenvalue weighted by atomic mass is 10.0. The third-order valence-corrected chi connectivity index (χ3v) is 3.09. The van der Waals surface area contributed by atoms with E-state index >= 15 is 0 Å². The van der Waals surface area contributed by atoms with Crippen LogP contribution in [0.1, 0.15) is 23.1 Å². The number of halogens is 3. The molecule has 1 atom stereocenters. The second-order valence-electron chi connectivity index (χ2n) is 4.35. The number of oxime groups is 1. The van der Waals surface area contributed by atoms with Crippen LogP contribution in [0.5, 0.6) is 0 Å². The average Bonchev–Trinajstić information content (AvgIpc) is 2.96. The zero-order valence-corrected chi connectivity index (χ0v) is 9.33. The largest absolute Gasteiger partial charge is 0.428 e. The molecule has 3 nitrogen and oxygen atoms in total. The van der Waals surface area contributed by atoms with E-state index in [2.05, 4.69) is 9.99 Å². The van der Waals surface area contributed by atoms with Crippen LogP contribution in [0.25, 0.3) is 0 Å². The van der Waals surface area contributed by atoms with E-state index in [1.54, 1.807) is 6.07 Å². The van der Waals surface area contributed by atoms with Crippen LogP contribution in [0.15, 0.2) is 23.4 Å². The van der Waals surface area contributed by atoms with Gasteiger partial charge in [-0.15, -0.1) is 0 Å². The van der Waals surface area contributed by atoms with Gasteiger partial charge in [-0.1, -0.05) is 17.3 Å². The van der Waals surface area contributed by atoms with Gasteiger partial charge in [0.15, 0.2) is 0 Å². The highest BCUT2D eigenvalue weighted by Crippen LogP contribution is 2.31. The van der Waals surface area contributed by atoms with Gasteiger partial charge in [-0.2, -0.15) is 13.2 Å². The van der Waals surface area contributed by atoms with Crippen LogP contribution < -0.4 is 0 Å². The highest BCUT2D eigenvalue weighted by atomic mass is 19.4. The van der Waals surface area contributed by atoms with E-state index in [4.69, 9.17) is 4.74 Å². The van der Waals surface area contributed by atoms with Crippen LogP contribution in [-0.4, -0.2) is 18.0 Å². The summed E-state index contributed by atoms with van der Waals surface area (Å²) in [5.41, 5.74) is 3.09. The lowest BCUT2D eigenvalue weighted by Crippen LogP contribution is -2.28. The topological polar surface area (TPSA) is 30.8 Å². The normalized spacial score (nSPS) is 22.6. The second kappa shape index (κ2) is 3.98. The zero-order valence-electron chi connectivity index (χ0n) is 9.33. The van der Waals surface area contributed by atoms with E-state index in [0.29, 0.717) is 24.5 Å². The Bertz CT molecular complexity index is 511. The fraction of sp³-hybridized carbons (Fsp3) is 0.417. The van der Waals surface area contributed by atoms with Crippen LogP contribution in [-0.2, 0) is 22.8 Å². The Morgan fingerprint density at radius 3 is 2.67 bits per heavy atom. The first-order valence-electron chi connectivity index (χ1n) is 5.53. The van der Waals surface area contributed by atoms with Gasteiger partial charge in [0.25, 0.3) is 0 Å². The molecular formula is C12H10F3NO2. The summed E-state index contributed by atoms with van der Waals surface area (Å²) in [5.74, 6) is 0.